The van der Waals surface area contributed by atoms with Crippen molar-refractivity contribution in [1.82, 2.24) is 4.57 Å². The smallest absolute Gasteiger partial charge is 0.159 e. The molecule has 1 unspecified atom stereocenters. The average Bonchev–Trinajstić information content (AvgIpc) is 3.76. The van der Waals surface area contributed by atoms with Crippen LogP contribution >= 0.6 is 0 Å². The molecule has 0 fully saturated rings. The summed E-state index contributed by atoms with van der Waals surface area (Å²) in [6.45, 7) is 2.28. The van der Waals surface area contributed by atoms with Gasteiger partial charge in [-0.2, -0.15) is 0 Å². The van der Waals surface area contributed by atoms with Gasteiger partial charge in [0.1, 0.15) is 5.58 Å². The second kappa shape index (κ2) is 12.3. The molecule has 248 valence electrons. The lowest BCUT2D eigenvalue weighted by Gasteiger charge is -2.26. The number of nitrogens with zero attached hydrogens (tertiary/aromatic N) is 2. The summed E-state index contributed by atoms with van der Waals surface area (Å²) >= 11 is 0. The van der Waals surface area contributed by atoms with Gasteiger partial charge in [0, 0.05) is 33.2 Å². The number of para-hydroxylation sites is 2. The molecule has 7 aromatic carbocycles. The molecule has 1 aliphatic rings. The molecule has 0 amide bonds. The van der Waals surface area contributed by atoms with Gasteiger partial charge in [-0.25, -0.2) is 0 Å². The summed E-state index contributed by atoms with van der Waals surface area (Å²) in [5.41, 5.74) is 13.4. The first-order valence-corrected chi connectivity index (χ1v) is 18.1. The van der Waals surface area contributed by atoms with E-state index in [1.165, 1.54) is 44.4 Å². The Balaban J connectivity index is 1.19. The maximum Gasteiger partial charge on any atom is 0.159 e. The summed E-state index contributed by atoms with van der Waals surface area (Å²) in [7, 11) is 0. The van der Waals surface area contributed by atoms with Crippen molar-refractivity contribution < 1.29 is 4.42 Å². The highest BCUT2D eigenvalue weighted by molar-refractivity contribution is 6.25. The average molecular weight is 669 g/mol. The van der Waals surface area contributed by atoms with E-state index in [-0.39, 0.29) is 0 Å². The number of furan rings is 1. The molecule has 0 spiro atoms. The molecule has 0 saturated heterocycles. The second-order valence-corrected chi connectivity index (χ2v) is 13.8. The van der Waals surface area contributed by atoms with Crippen LogP contribution in [0.25, 0.3) is 71.7 Å². The zero-order valence-electron chi connectivity index (χ0n) is 28.9. The largest absolute Gasteiger partial charge is 0.453 e. The Labute approximate surface area is 303 Å². The highest BCUT2D eigenvalue weighted by atomic mass is 16.3. The molecule has 0 radical (unpaired) electrons. The van der Waals surface area contributed by atoms with E-state index in [1.807, 2.05) is 0 Å². The molecule has 52 heavy (non-hydrogen) atoms. The third-order valence-corrected chi connectivity index (χ3v) is 10.5. The topological polar surface area (TPSA) is 21.3 Å². The van der Waals surface area contributed by atoms with Crippen LogP contribution in [0.1, 0.15) is 13.3 Å². The van der Waals surface area contributed by atoms with Crippen LogP contribution in [0.15, 0.2) is 186 Å². The number of anilines is 3. The van der Waals surface area contributed by atoms with Crippen LogP contribution in [0.4, 0.5) is 17.1 Å². The third-order valence-electron chi connectivity index (χ3n) is 10.5. The fourth-order valence-corrected chi connectivity index (χ4v) is 8.06. The van der Waals surface area contributed by atoms with Crippen molar-refractivity contribution in [3.8, 4) is 22.3 Å². The van der Waals surface area contributed by atoms with Crippen molar-refractivity contribution >= 4 is 66.5 Å². The SMILES string of the molecule is CC1C=CC=C(n2c3ccccc3c3c4oc5c(N(c6ccc(-c7ccccc7)cc6)c6ccc(-c7ccccc7)cc6)cccc5c4ccc32)C1. The molecular formula is C49H36N2O. The Hall–Kier alpha value is -6.58. The van der Waals surface area contributed by atoms with Crippen molar-refractivity contribution in [3.63, 3.8) is 0 Å². The van der Waals surface area contributed by atoms with E-state index >= 15 is 0 Å². The summed E-state index contributed by atoms with van der Waals surface area (Å²) in [4.78, 5) is 2.33. The zero-order chi connectivity index (χ0) is 34.6. The summed E-state index contributed by atoms with van der Waals surface area (Å²) < 4.78 is 9.59. The standard InChI is InChI=1S/C49H36N2O/c1-33-12-10-17-40(32-33)51-44-20-9-8-18-43(44)47-45(51)31-30-42-41-19-11-21-46(48(41)52-49(42)47)50(38-26-22-36(23-27-38)34-13-4-2-5-14-34)39-28-24-37(25-29-39)35-15-6-3-7-16-35/h2-31,33H,32H2,1H3. The molecule has 0 bridgehead atoms. The number of allylic oxidation sites excluding steroid dienone is 4. The summed E-state index contributed by atoms with van der Waals surface area (Å²) in [5, 5.41) is 4.59. The van der Waals surface area contributed by atoms with Crippen molar-refractivity contribution in [2.24, 2.45) is 5.92 Å². The fourth-order valence-electron chi connectivity index (χ4n) is 8.06. The molecule has 2 aromatic heterocycles. The molecular weight excluding hydrogens is 633 g/mol. The lowest BCUT2D eigenvalue weighted by atomic mass is 10.00. The second-order valence-electron chi connectivity index (χ2n) is 13.8. The van der Waals surface area contributed by atoms with Crippen molar-refractivity contribution in [3.05, 3.63) is 182 Å². The van der Waals surface area contributed by atoms with Gasteiger partial charge in [-0.3, -0.25) is 0 Å². The fraction of sp³-hybridized carbons (Fsp3) is 0.0612. The third kappa shape index (κ3) is 4.97. The van der Waals surface area contributed by atoms with Crippen LogP contribution in [0.2, 0.25) is 0 Å². The minimum Gasteiger partial charge on any atom is -0.453 e. The van der Waals surface area contributed by atoms with E-state index in [2.05, 4.69) is 198 Å². The van der Waals surface area contributed by atoms with Crippen LogP contribution in [0, 0.1) is 5.92 Å². The quantitative estimate of drug-likeness (QED) is 0.176. The minimum absolute atomic E-state index is 0.489. The lowest BCUT2D eigenvalue weighted by molar-refractivity contribution is 0.673. The van der Waals surface area contributed by atoms with Crippen LogP contribution in [-0.2, 0) is 0 Å². The zero-order valence-corrected chi connectivity index (χ0v) is 28.9. The first-order valence-electron chi connectivity index (χ1n) is 18.1. The minimum atomic E-state index is 0.489. The van der Waals surface area contributed by atoms with Gasteiger partial charge in [-0.15, -0.1) is 0 Å². The predicted molar refractivity (Wildman–Crippen MR) is 219 cm³/mol. The van der Waals surface area contributed by atoms with Crippen molar-refractivity contribution in [2.45, 2.75) is 13.3 Å². The molecule has 1 aliphatic carbocycles. The van der Waals surface area contributed by atoms with Crippen molar-refractivity contribution in [2.75, 3.05) is 4.90 Å². The van der Waals surface area contributed by atoms with Crippen LogP contribution < -0.4 is 4.90 Å². The normalized spacial score (nSPS) is 14.4. The number of hydrogen-bond donors (Lipinski definition) is 0. The lowest BCUT2D eigenvalue weighted by Crippen LogP contribution is -2.10. The number of fused-ring (bicyclic) bond motifs is 7. The molecule has 2 heterocycles. The van der Waals surface area contributed by atoms with Crippen LogP contribution in [-0.4, -0.2) is 4.57 Å². The number of benzene rings is 7. The Kier molecular flexibility index (Phi) is 7.17. The Morgan fingerprint density at radius 3 is 1.75 bits per heavy atom. The molecule has 10 rings (SSSR count). The number of rotatable bonds is 6. The highest BCUT2D eigenvalue weighted by Gasteiger charge is 2.23. The summed E-state index contributed by atoms with van der Waals surface area (Å²) in [6, 6.07) is 58.6. The van der Waals surface area contributed by atoms with Gasteiger partial charge in [-0.05, 0) is 89.2 Å². The predicted octanol–water partition coefficient (Wildman–Crippen LogP) is 13.9. The van der Waals surface area contributed by atoms with E-state index < -0.39 is 0 Å². The Bertz CT molecular complexity index is 2720. The highest BCUT2D eigenvalue weighted by Crippen LogP contribution is 2.46. The van der Waals surface area contributed by atoms with Crippen LogP contribution in [0.5, 0.6) is 0 Å². The van der Waals surface area contributed by atoms with Crippen LogP contribution in [0.3, 0.4) is 0 Å². The first kappa shape index (κ1) is 30.3. The Morgan fingerprint density at radius 2 is 1.10 bits per heavy atom. The van der Waals surface area contributed by atoms with Crippen molar-refractivity contribution in [1.29, 1.82) is 0 Å². The van der Waals surface area contributed by atoms with E-state index in [9.17, 15) is 0 Å². The molecule has 3 heteroatoms. The van der Waals surface area contributed by atoms with Gasteiger partial charge in [0.15, 0.2) is 5.58 Å². The molecule has 9 aromatic rings. The van der Waals surface area contributed by atoms with Gasteiger partial charge in [0.05, 0.1) is 22.1 Å². The molecule has 0 N–H and O–H groups in total. The Morgan fingerprint density at radius 1 is 0.519 bits per heavy atom. The van der Waals surface area contributed by atoms with Gasteiger partial charge in [0.2, 0.25) is 0 Å². The first-order chi connectivity index (χ1) is 25.7. The maximum atomic E-state index is 7.15. The van der Waals surface area contributed by atoms with E-state index in [1.54, 1.807) is 0 Å². The molecule has 0 saturated carbocycles. The van der Waals surface area contributed by atoms with Gasteiger partial charge < -0.3 is 13.9 Å². The molecule has 1 atom stereocenters. The van der Waals surface area contributed by atoms with E-state index in [4.69, 9.17) is 4.42 Å². The van der Waals surface area contributed by atoms with E-state index in [0.717, 1.165) is 50.8 Å². The monoisotopic (exact) mass is 668 g/mol. The van der Waals surface area contributed by atoms with E-state index in [0.29, 0.717) is 5.92 Å². The molecule has 0 aliphatic heterocycles. The summed E-state index contributed by atoms with van der Waals surface area (Å²) in [5.74, 6) is 0.489. The van der Waals surface area contributed by atoms with Gasteiger partial charge >= 0.3 is 0 Å². The van der Waals surface area contributed by atoms with Gasteiger partial charge in [0.25, 0.3) is 0 Å². The number of aromatic nitrogens is 1. The molecule has 3 nitrogen and oxygen atoms in total. The summed E-state index contributed by atoms with van der Waals surface area (Å²) in [6.07, 6.45) is 7.74. The maximum absolute atomic E-state index is 7.15. The van der Waals surface area contributed by atoms with Gasteiger partial charge in [-0.1, -0.05) is 134 Å². The number of hydrogen-bond acceptors (Lipinski definition) is 2.